The normalized spacial score (nSPS) is 13.4. The molecule has 0 saturated carbocycles. The van der Waals surface area contributed by atoms with Crippen LogP contribution in [0.5, 0.6) is 0 Å². The average molecular weight is 312 g/mol. The minimum absolute atomic E-state index is 0.0575. The molecule has 1 aliphatic heterocycles. The summed E-state index contributed by atoms with van der Waals surface area (Å²) in [5.41, 5.74) is 3.81. The largest absolute Gasteiger partial charge is 0.411 e. The fourth-order valence-corrected chi connectivity index (χ4v) is 3.13. The zero-order valence-corrected chi connectivity index (χ0v) is 13.2. The smallest absolute Gasteiger partial charge is 0.405 e. The molecule has 0 fully saturated rings. The minimum atomic E-state index is -0.172. The number of carbonyl (C=O) groups excluding carboxylic acids is 1. The Hall–Kier alpha value is -3.01. The van der Waals surface area contributed by atoms with Crippen LogP contribution in [-0.4, -0.2) is 17.7 Å². The molecule has 4 rings (SSSR count). The van der Waals surface area contributed by atoms with Gasteiger partial charge in [-0.15, -0.1) is 0 Å². The number of nitrogens with one attached hydrogen (secondary N) is 1. The number of anilines is 1. The van der Waals surface area contributed by atoms with Crippen molar-refractivity contribution >= 4 is 24.0 Å². The summed E-state index contributed by atoms with van der Waals surface area (Å²) < 4.78 is 0. The summed E-state index contributed by atoms with van der Waals surface area (Å²) >= 11 is 0. The second-order valence-electron chi connectivity index (χ2n) is 5.92. The van der Waals surface area contributed by atoms with Gasteiger partial charge in [0.15, 0.2) is 0 Å². The average Bonchev–Trinajstić information content (AvgIpc) is 2.65. The van der Waals surface area contributed by atoms with Crippen LogP contribution in [-0.2, 0) is 6.54 Å². The maximum absolute atomic E-state index is 13.1. The van der Waals surface area contributed by atoms with Crippen LogP contribution in [0.2, 0.25) is 0 Å². The Kier molecular flexibility index (Phi) is 3.79. The Labute approximate surface area is 142 Å². The molecule has 0 aliphatic carbocycles. The molecule has 3 nitrogen and oxygen atoms in total. The van der Waals surface area contributed by atoms with Gasteiger partial charge in [0.2, 0.25) is 5.91 Å². The number of hydrogen-bond donors (Lipinski definition) is 1. The van der Waals surface area contributed by atoms with Crippen molar-refractivity contribution in [2.75, 3.05) is 5.23 Å². The molecule has 3 aromatic rings. The fourth-order valence-electron chi connectivity index (χ4n) is 3.13. The molecule has 4 heteroatoms. The van der Waals surface area contributed by atoms with Crippen LogP contribution in [0, 0.1) is 0 Å². The van der Waals surface area contributed by atoms with Crippen molar-refractivity contribution in [1.29, 1.82) is 0 Å². The summed E-state index contributed by atoms with van der Waals surface area (Å²) in [6.45, 7) is 0.398. The Morgan fingerprint density at radius 1 is 0.792 bits per heavy atom. The molecule has 0 unspecified atom stereocenters. The van der Waals surface area contributed by atoms with Crippen LogP contribution in [0.25, 0.3) is 0 Å². The molecule has 0 aromatic heterocycles. The maximum atomic E-state index is 13.1. The lowest BCUT2D eigenvalue weighted by molar-refractivity contribution is 0.0847. The van der Waals surface area contributed by atoms with Gasteiger partial charge in [-0.2, -0.15) is 0 Å². The molecule has 1 heterocycles. The van der Waals surface area contributed by atoms with E-state index in [1.807, 2.05) is 65.5 Å². The third-order valence-electron chi connectivity index (χ3n) is 4.33. The van der Waals surface area contributed by atoms with E-state index in [1.165, 1.54) is 0 Å². The first kappa shape index (κ1) is 14.6. The summed E-state index contributed by atoms with van der Waals surface area (Å²) in [6, 6.07) is 27.9. The van der Waals surface area contributed by atoms with Gasteiger partial charge in [0.05, 0.1) is 5.56 Å². The summed E-state index contributed by atoms with van der Waals surface area (Å²) in [6.07, 6.45) is 0. The molecule has 1 amide bonds. The molecule has 24 heavy (non-hydrogen) atoms. The first-order valence-corrected chi connectivity index (χ1v) is 8.08. The molecular formula is C20H17BN2O. The summed E-state index contributed by atoms with van der Waals surface area (Å²) in [5.74, 6) is 0.0575. The minimum Gasteiger partial charge on any atom is -0.405 e. The molecule has 0 spiro atoms. The van der Waals surface area contributed by atoms with Crippen molar-refractivity contribution < 1.29 is 4.79 Å². The molecule has 3 aromatic carbocycles. The van der Waals surface area contributed by atoms with Crippen LogP contribution in [0.3, 0.4) is 0 Å². The van der Waals surface area contributed by atoms with Gasteiger partial charge in [-0.25, -0.2) is 0 Å². The van der Waals surface area contributed by atoms with Crippen molar-refractivity contribution in [2.45, 2.75) is 6.54 Å². The molecule has 0 radical (unpaired) electrons. The SMILES string of the molecule is O=C1c2ccccc2NB(c2ccccc2)N1Cc1ccccc1. The van der Waals surface area contributed by atoms with E-state index in [2.05, 4.69) is 29.5 Å². The summed E-state index contributed by atoms with van der Waals surface area (Å²) in [5, 5.41) is 3.52. The molecule has 0 atom stereocenters. The summed E-state index contributed by atoms with van der Waals surface area (Å²) in [4.78, 5) is 15.0. The Bertz CT molecular complexity index is 852. The Morgan fingerprint density at radius 3 is 2.17 bits per heavy atom. The van der Waals surface area contributed by atoms with Crippen molar-refractivity contribution in [1.82, 2.24) is 4.81 Å². The van der Waals surface area contributed by atoms with Crippen LogP contribution in [0.1, 0.15) is 15.9 Å². The predicted molar refractivity (Wildman–Crippen MR) is 98.2 cm³/mol. The van der Waals surface area contributed by atoms with E-state index in [9.17, 15) is 4.79 Å². The zero-order chi connectivity index (χ0) is 16.4. The van der Waals surface area contributed by atoms with Crippen LogP contribution < -0.4 is 10.7 Å². The van der Waals surface area contributed by atoms with E-state index in [4.69, 9.17) is 0 Å². The fraction of sp³-hybridized carbons (Fsp3) is 0.0500. The second-order valence-corrected chi connectivity index (χ2v) is 5.92. The van der Waals surface area contributed by atoms with Crippen LogP contribution in [0.4, 0.5) is 5.69 Å². The van der Waals surface area contributed by atoms with Crippen LogP contribution >= 0.6 is 0 Å². The number of carbonyl (C=O) groups is 1. The molecule has 0 bridgehead atoms. The van der Waals surface area contributed by atoms with E-state index in [1.54, 1.807) is 0 Å². The Balaban J connectivity index is 1.76. The highest BCUT2D eigenvalue weighted by Crippen LogP contribution is 2.25. The number of rotatable bonds is 3. The van der Waals surface area contributed by atoms with Gasteiger partial charge in [0.25, 0.3) is 0 Å². The van der Waals surface area contributed by atoms with Crippen molar-refractivity contribution in [2.24, 2.45) is 0 Å². The quantitative estimate of drug-likeness (QED) is 0.754. The maximum Gasteiger partial charge on any atom is 0.411 e. The van der Waals surface area contributed by atoms with Gasteiger partial charge in [0, 0.05) is 12.2 Å². The lowest BCUT2D eigenvalue weighted by Gasteiger charge is -2.35. The van der Waals surface area contributed by atoms with Crippen LogP contribution in [0.15, 0.2) is 84.9 Å². The number of benzene rings is 3. The van der Waals surface area contributed by atoms with E-state index in [0.29, 0.717) is 6.54 Å². The highest BCUT2D eigenvalue weighted by Gasteiger charge is 2.36. The van der Waals surface area contributed by atoms with E-state index >= 15 is 0 Å². The third-order valence-corrected chi connectivity index (χ3v) is 4.33. The third kappa shape index (κ3) is 2.67. The molecule has 116 valence electrons. The lowest BCUT2D eigenvalue weighted by Crippen LogP contribution is -2.58. The molecular weight excluding hydrogens is 295 g/mol. The highest BCUT2D eigenvalue weighted by atomic mass is 16.2. The van der Waals surface area contributed by atoms with Gasteiger partial charge in [-0.1, -0.05) is 72.8 Å². The first-order valence-electron chi connectivity index (χ1n) is 8.08. The van der Waals surface area contributed by atoms with Gasteiger partial charge in [0.1, 0.15) is 0 Å². The number of amides is 1. The first-order chi connectivity index (χ1) is 11.8. The second kappa shape index (κ2) is 6.24. The molecule has 0 saturated heterocycles. The number of hydrogen-bond acceptors (Lipinski definition) is 2. The zero-order valence-electron chi connectivity index (χ0n) is 13.2. The van der Waals surface area contributed by atoms with Gasteiger partial charge in [-0.3, -0.25) is 4.79 Å². The topological polar surface area (TPSA) is 32.3 Å². The van der Waals surface area contributed by atoms with E-state index in [0.717, 1.165) is 22.3 Å². The van der Waals surface area contributed by atoms with E-state index in [-0.39, 0.29) is 12.9 Å². The number of fused-ring (bicyclic) bond motifs is 1. The van der Waals surface area contributed by atoms with Gasteiger partial charge >= 0.3 is 6.98 Å². The predicted octanol–water partition coefficient (Wildman–Crippen LogP) is 3.15. The van der Waals surface area contributed by atoms with Crippen molar-refractivity contribution in [3.63, 3.8) is 0 Å². The van der Waals surface area contributed by atoms with Crippen molar-refractivity contribution in [3.8, 4) is 0 Å². The van der Waals surface area contributed by atoms with E-state index < -0.39 is 0 Å². The Morgan fingerprint density at radius 2 is 1.42 bits per heavy atom. The van der Waals surface area contributed by atoms with Crippen molar-refractivity contribution in [3.05, 3.63) is 96.1 Å². The van der Waals surface area contributed by atoms with Gasteiger partial charge < -0.3 is 10.0 Å². The number of nitrogens with zero attached hydrogens (tertiary/aromatic N) is 1. The number of para-hydroxylation sites is 1. The molecule has 1 N–H and O–H groups in total. The van der Waals surface area contributed by atoms with Gasteiger partial charge in [-0.05, 0) is 23.2 Å². The lowest BCUT2D eigenvalue weighted by atomic mass is 9.63. The molecule has 1 aliphatic rings. The summed E-state index contributed by atoms with van der Waals surface area (Å²) in [7, 11) is 0. The standard InChI is InChI=1S/C20H17BN2O/c24-20-18-13-7-8-14-19(18)22-21(17-11-5-2-6-12-17)23(20)15-16-9-3-1-4-10-16/h1-14,22H,15H2. The highest BCUT2D eigenvalue weighted by molar-refractivity contribution is 6.76. The monoisotopic (exact) mass is 312 g/mol.